The van der Waals surface area contributed by atoms with Crippen LogP contribution >= 0.6 is 0 Å². The van der Waals surface area contributed by atoms with E-state index >= 15 is 0 Å². The van der Waals surface area contributed by atoms with Gasteiger partial charge in [0.1, 0.15) is 9.84 Å². The van der Waals surface area contributed by atoms with E-state index in [-0.39, 0.29) is 6.10 Å². The van der Waals surface area contributed by atoms with Crippen LogP contribution in [-0.4, -0.2) is 70.3 Å². The molecule has 0 spiro atoms. The van der Waals surface area contributed by atoms with Gasteiger partial charge in [-0.25, -0.2) is 8.42 Å². The molecule has 0 aromatic carbocycles. The van der Waals surface area contributed by atoms with E-state index in [0.29, 0.717) is 17.5 Å². The van der Waals surface area contributed by atoms with Crippen molar-refractivity contribution >= 4 is 9.84 Å². The van der Waals surface area contributed by atoms with Gasteiger partial charge in [-0.05, 0) is 19.9 Å². The Labute approximate surface area is 103 Å². The van der Waals surface area contributed by atoms with Crippen LogP contribution in [0.25, 0.3) is 0 Å². The van der Waals surface area contributed by atoms with Crippen LogP contribution in [0.15, 0.2) is 0 Å². The van der Waals surface area contributed by atoms with Gasteiger partial charge in [0.25, 0.3) is 0 Å². The van der Waals surface area contributed by atoms with E-state index < -0.39 is 9.84 Å². The van der Waals surface area contributed by atoms with E-state index in [1.165, 1.54) is 0 Å². The first-order valence-corrected chi connectivity index (χ1v) is 8.13. The van der Waals surface area contributed by atoms with Gasteiger partial charge < -0.3 is 10.1 Å². The maximum absolute atomic E-state index is 11.4. The van der Waals surface area contributed by atoms with Crippen LogP contribution in [0.1, 0.15) is 12.8 Å². The van der Waals surface area contributed by atoms with Crippen molar-refractivity contribution in [1.82, 2.24) is 10.2 Å². The fourth-order valence-corrected chi connectivity index (χ4v) is 4.13. The van der Waals surface area contributed by atoms with Crippen molar-refractivity contribution in [3.8, 4) is 0 Å². The van der Waals surface area contributed by atoms with Gasteiger partial charge in [0.05, 0.1) is 24.2 Å². The van der Waals surface area contributed by atoms with Crippen LogP contribution in [0.4, 0.5) is 0 Å². The molecule has 2 aliphatic heterocycles. The van der Waals surface area contributed by atoms with Crippen LogP contribution in [0.3, 0.4) is 0 Å². The first-order chi connectivity index (χ1) is 8.11. The van der Waals surface area contributed by atoms with Gasteiger partial charge >= 0.3 is 0 Å². The third-order valence-corrected chi connectivity index (χ3v) is 5.36. The smallest absolute Gasteiger partial charge is 0.150 e. The number of rotatable bonds is 3. The molecular weight excluding hydrogens is 240 g/mol. The zero-order chi connectivity index (χ0) is 12.3. The standard InChI is InChI=1S/C11H22N2O3S/c1-12-8-11-9-13(4-5-16-11)10-2-6-17(14,15)7-3-10/h10-12H,2-9H2,1H3. The van der Waals surface area contributed by atoms with Crippen LogP contribution in [0, 0.1) is 0 Å². The summed E-state index contributed by atoms with van der Waals surface area (Å²) in [5, 5.41) is 3.13. The van der Waals surface area contributed by atoms with Gasteiger partial charge in [0.15, 0.2) is 0 Å². The molecule has 17 heavy (non-hydrogen) atoms. The topological polar surface area (TPSA) is 58.6 Å². The number of nitrogens with zero attached hydrogens (tertiary/aromatic N) is 1. The highest BCUT2D eigenvalue weighted by molar-refractivity contribution is 7.91. The molecule has 0 amide bonds. The quantitative estimate of drug-likeness (QED) is 0.742. The molecule has 2 fully saturated rings. The lowest BCUT2D eigenvalue weighted by Crippen LogP contribution is -2.52. The fourth-order valence-electron chi connectivity index (χ4n) is 2.67. The van der Waals surface area contributed by atoms with Gasteiger partial charge in [-0.2, -0.15) is 0 Å². The summed E-state index contributed by atoms with van der Waals surface area (Å²) in [6.07, 6.45) is 1.82. The van der Waals surface area contributed by atoms with E-state index in [1.807, 2.05) is 7.05 Å². The van der Waals surface area contributed by atoms with Crippen LogP contribution < -0.4 is 5.32 Å². The molecule has 0 radical (unpaired) electrons. The number of morpholine rings is 1. The van der Waals surface area contributed by atoms with E-state index in [1.54, 1.807) is 0 Å². The van der Waals surface area contributed by atoms with Gasteiger partial charge in [-0.1, -0.05) is 0 Å². The lowest BCUT2D eigenvalue weighted by Gasteiger charge is -2.39. The molecule has 2 saturated heterocycles. The molecule has 1 atom stereocenters. The average Bonchev–Trinajstić information content (AvgIpc) is 2.30. The predicted molar refractivity (Wildman–Crippen MR) is 66.9 cm³/mol. The molecule has 0 aromatic heterocycles. The molecule has 2 aliphatic rings. The highest BCUT2D eigenvalue weighted by atomic mass is 32.2. The molecule has 0 aliphatic carbocycles. The number of hydrogen-bond donors (Lipinski definition) is 1. The monoisotopic (exact) mass is 262 g/mol. The van der Waals surface area contributed by atoms with Crippen molar-refractivity contribution in [2.24, 2.45) is 0 Å². The predicted octanol–water partition coefficient (Wildman–Crippen LogP) is -0.516. The second-order valence-electron chi connectivity index (χ2n) is 4.93. The summed E-state index contributed by atoms with van der Waals surface area (Å²) >= 11 is 0. The van der Waals surface area contributed by atoms with Gasteiger partial charge in [-0.15, -0.1) is 0 Å². The van der Waals surface area contributed by atoms with Crippen molar-refractivity contribution in [3.63, 3.8) is 0 Å². The molecule has 2 rings (SSSR count). The molecule has 6 heteroatoms. The van der Waals surface area contributed by atoms with Crippen molar-refractivity contribution in [2.75, 3.05) is 44.8 Å². The van der Waals surface area contributed by atoms with Gasteiger partial charge in [-0.3, -0.25) is 4.90 Å². The Hall–Kier alpha value is -0.170. The summed E-state index contributed by atoms with van der Waals surface area (Å²) in [4.78, 5) is 2.40. The van der Waals surface area contributed by atoms with Crippen LogP contribution in [0.2, 0.25) is 0 Å². The Balaban J connectivity index is 1.86. The minimum atomic E-state index is -2.75. The normalized spacial score (nSPS) is 31.5. The molecule has 0 saturated carbocycles. The second-order valence-corrected chi connectivity index (χ2v) is 7.23. The molecule has 1 N–H and O–H groups in total. The summed E-state index contributed by atoms with van der Waals surface area (Å²) in [7, 11) is -0.822. The minimum absolute atomic E-state index is 0.243. The van der Waals surface area contributed by atoms with Crippen molar-refractivity contribution in [1.29, 1.82) is 0 Å². The summed E-state index contributed by atoms with van der Waals surface area (Å²) in [6.45, 7) is 3.48. The lowest BCUT2D eigenvalue weighted by atomic mass is 10.1. The largest absolute Gasteiger partial charge is 0.374 e. The van der Waals surface area contributed by atoms with Gasteiger partial charge in [0.2, 0.25) is 0 Å². The van der Waals surface area contributed by atoms with Gasteiger partial charge in [0, 0.05) is 25.7 Å². The Morgan fingerprint density at radius 3 is 2.71 bits per heavy atom. The van der Waals surface area contributed by atoms with Crippen molar-refractivity contribution in [3.05, 3.63) is 0 Å². The third kappa shape index (κ3) is 3.64. The first kappa shape index (κ1) is 13.3. The number of hydrogen-bond acceptors (Lipinski definition) is 5. The van der Waals surface area contributed by atoms with Crippen molar-refractivity contribution in [2.45, 2.75) is 25.0 Å². The summed E-state index contributed by atoms with van der Waals surface area (Å²) in [5.41, 5.74) is 0. The Morgan fingerprint density at radius 1 is 1.35 bits per heavy atom. The fraction of sp³-hybridized carbons (Fsp3) is 1.00. The Bertz CT molecular complexity index is 329. The lowest BCUT2D eigenvalue weighted by molar-refractivity contribution is -0.0424. The highest BCUT2D eigenvalue weighted by Gasteiger charge is 2.31. The minimum Gasteiger partial charge on any atom is -0.374 e. The molecule has 1 unspecified atom stereocenters. The zero-order valence-corrected chi connectivity index (χ0v) is 11.2. The molecular formula is C11H22N2O3S. The van der Waals surface area contributed by atoms with E-state index in [2.05, 4.69) is 10.2 Å². The first-order valence-electron chi connectivity index (χ1n) is 6.31. The van der Waals surface area contributed by atoms with Crippen molar-refractivity contribution < 1.29 is 13.2 Å². The Morgan fingerprint density at radius 2 is 2.06 bits per heavy atom. The molecule has 0 aromatic rings. The average molecular weight is 262 g/mol. The summed E-state index contributed by atoms with van der Waals surface area (Å²) < 4.78 is 28.4. The number of nitrogens with one attached hydrogen (secondary N) is 1. The molecule has 5 nitrogen and oxygen atoms in total. The number of sulfone groups is 1. The molecule has 100 valence electrons. The van der Waals surface area contributed by atoms with E-state index in [4.69, 9.17) is 4.74 Å². The Kier molecular flexibility index (Phi) is 4.41. The van der Waals surface area contributed by atoms with Crippen LogP contribution in [-0.2, 0) is 14.6 Å². The second kappa shape index (κ2) is 5.65. The summed E-state index contributed by atoms with van der Waals surface area (Å²) in [5.74, 6) is 0.706. The molecule has 0 bridgehead atoms. The SMILES string of the molecule is CNCC1CN(C2CCS(=O)(=O)CC2)CCO1. The van der Waals surface area contributed by atoms with E-state index in [0.717, 1.165) is 39.1 Å². The number of ether oxygens (including phenoxy) is 1. The summed E-state index contributed by atoms with van der Waals surface area (Å²) in [6, 6.07) is 0.432. The maximum atomic E-state index is 11.4. The third-order valence-electron chi connectivity index (χ3n) is 3.64. The van der Waals surface area contributed by atoms with E-state index in [9.17, 15) is 8.42 Å². The highest BCUT2D eigenvalue weighted by Crippen LogP contribution is 2.20. The number of likely N-dealkylation sites (N-methyl/N-ethyl adjacent to an activating group) is 1. The molecule has 2 heterocycles. The zero-order valence-electron chi connectivity index (χ0n) is 10.4. The van der Waals surface area contributed by atoms with Crippen LogP contribution in [0.5, 0.6) is 0 Å². The maximum Gasteiger partial charge on any atom is 0.150 e.